The zero-order chi connectivity index (χ0) is 18.9. The minimum atomic E-state index is -5.94. The molecular weight excluding hydrogens is 372 g/mol. The molecular formula is C14H9F6N3OS. The number of halogens is 6. The van der Waals surface area contributed by atoms with E-state index in [0.29, 0.717) is 17.3 Å². The van der Waals surface area contributed by atoms with Gasteiger partial charge in [-0.15, -0.1) is 0 Å². The number of nitrogens with zero attached hydrogens (tertiary/aromatic N) is 2. The number of nitriles is 1. The predicted octanol–water partition coefficient (Wildman–Crippen LogP) is 3.94. The smallest absolute Gasteiger partial charge is 0.369 e. The van der Waals surface area contributed by atoms with Crippen molar-refractivity contribution in [2.75, 3.05) is 5.32 Å². The summed E-state index contributed by atoms with van der Waals surface area (Å²) in [6.45, 7) is 0.0646. The largest absolute Gasteiger partial charge is 0.431 e. The van der Waals surface area contributed by atoms with Crippen molar-refractivity contribution in [3.05, 3.63) is 46.5 Å². The van der Waals surface area contributed by atoms with Crippen LogP contribution in [0, 0.1) is 11.3 Å². The van der Waals surface area contributed by atoms with Gasteiger partial charge >= 0.3 is 12.4 Å². The number of rotatable bonds is 4. The van der Waals surface area contributed by atoms with E-state index < -0.39 is 22.8 Å². The van der Waals surface area contributed by atoms with E-state index in [1.54, 1.807) is 12.1 Å². The van der Waals surface area contributed by atoms with E-state index in [4.69, 9.17) is 5.26 Å². The Morgan fingerprint density at radius 2 is 1.64 bits per heavy atom. The molecule has 1 heterocycles. The van der Waals surface area contributed by atoms with Crippen molar-refractivity contribution in [1.82, 2.24) is 4.98 Å². The van der Waals surface area contributed by atoms with Gasteiger partial charge in [0, 0.05) is 12.7 Å². The van der Waals surface area contributed by atoms with Gasteiger partial charge in [0.15, 0.2) is 5.13 Å². The van der Waals surface area contributed by atoms with Crippen LogP contribution in [-0.2, 0) is 12.1 Å². The molecule has 0 aliphatic rings. The van der Waals surface area contributed by atoms with Crippen LogP contribution in [0.2, 0.25) is 0 Å². The molecule has 0 radical (unpaired) electrons. The first-order valence-corrected chi connectivity index (χ1v) is 7.35. The molecule has 2 rings (SSSR count). The molecule has 0 fully saturated rings. The first kappa shape index (κ1) is 19.0. The zero-order valence-electron chi connectivity index (χ0n) is 12.1. The number of thiazole rings is 1. The van der Waals surface area contributed by atoms with E-state index in [0.717, 1.165) is 0 Å². The molecule has 4 nitrogen and oxygen atoms in total. The number of alkyl halides is 6. The van der Waals surface area contributed by atoms with E-state index in [9.17, 15) is 31.4 Å². The van der Waals surface area contributed by atoms with Crippen molar-refractivity contribution < 1.29 is 31.4 Å². The first-order valence-electron chi connectivity index (χ1n) is 6.54. The molecule has 1 aromatic carbocycles. The van der Waals surface area contributed by atoms with Crippen molar-refractivity contribution in [2.45, 2.75) is 24.5 Å². The Kier molecular flexibility index (Phi) is 4.97. The Morgan fingerprint density at radius 1 is 1.08 bits per heavy atom. The van der Waals surface area contributed by atoms with Crippen LogP contribution in [0.3, 0.4) is 0 Å². The standard InChI is InChI=1S/C14H9F6N3OS/c15-13(16,17)12(24,14(18,19)20)10-7-23-11(25-10)22-6-9-3-1-8(5-21)2-4-9/h1-4,7,24H,6H2,(H,22,23). The maximum atomic E-state index is 12.8. The quantitative estimate of drug-likeness (QED) is 0.788. The number of benzene rings is 1. The van der Waals surface area contributed by atoms with Crippen molar-refractivity contribution in [1.29, 1.82) is 5.26 Å². The van der Waals surface area contributed by atoms with Crippen LogP contribution in [0.1, 0.15) is 16.0 Å². The minimum absolute atomic E-state index is 0.0559. The summed E-state index contributed by atoms with van der Waals surface area (Å²) >= 11 is 0.0559. The highest BCUT2D eigenvalue weighted by Crippen LogP contribution is 2.51. The van der Waals surface area contributed by atoms with Crippen LogP contribution >= 0.6 is 11.3 Å². The molecule has 0 spiro atoms. The summed E-state index contributed by atoms with van der Waals surface area (Å²) in [6.07, 6.45) is -11.5. The normalized spacial score (nSPS) is 12.7. The molecule has 11 heteroatoms. The third kappa shape index (κ3) is 3.69. The lowest BCUT2D eigenvalue weighted by molar-refractivity contribution is -0.375. The van der Waals surface area contributed by atoms with Crippen LogP contribution in [0.25, 0.3) is 0 Å². The minimum Gasteiger partial charge on any atom is -0.369 e. The lowest BCUT2D eigenvalue weighted by atomic mass is 10.0. The second kappa shape index (κ2) is 6.53. The average molecular weight is 381 g/mol. The summed E-state index contributed by atoms with van der Waals surface area (Å²) < 4.78 is 76.7. The first-order chi connectivity index (χ1) is 11.5. The number of anilines is 1. The summed E-state index contributed by atoms with van der Waals surface area (Å²) in [6, 6.07) is 8.07. The fourth-order valence-corrected chi connectivity index (χ4v) is 2.78. The highest BCUT2D eigenvalue weighted by atomic mass is 32.1. The average Bonchev–Trinajstić information content (AvgIpc) is 2.99. The van der Waals surface area contributed by atoms with E-state index >= 15 is 0 Å². The van der Waals surface area contributed by atoms with E-state index in [1.165, 1.54) is 12.1 Å². The molecule has 0 saturated carbocycles. The van der Waals surface area contributed by atoms with Gasteiger partial charge in [-0.05, 0) is 17.7 Å². The highest BCUT2D eigenvalue weighted by Gasteiger charge is 2.72. The Hall–Kier alpha value is -2.32. The van der Waals surface area contributed by atoms with Crippen LogP contribution in [0.5, 0.6) is 0 Å². The Balaban J connectivity index is 2.19. The van der Waals surface area contributed by atoms with Crippen molar-refractivity contribution in [2.24, 2.45) is 0 Å². The van der Waals surface area contributed by atoms with Crippen LogP contribution in [-0.4, -0.2) is 22.4 Å². The lowest BCUT2D eigenvalue weighted by Gasteiger charge is -2.30. The summed E-state index contributed by atoms with van der Waals surface area (Å²) in [4.78, 5) is 2.07. The topological polar surface area (TPSA) is 68.9 Å². The van der Waals surface area contributed by atoms with Crippen LogP contribution in [0.15, 0.2) is 30.5 Å². The van der Waals surface area contributed by atoms with Gasteiger partial charge in [0.1, 0.15) is 0 Å². The van der Waals surface area contributed by atoms with E-state index in [2.05, 4.69) is 10.3 Å². The van der Waals surface area contributed by atoms with Crippen molar-refractivity contribution in [3.8, 4) is 6.07 Å². The van der Waals surface area contributed by atoms with Gasteiger partial charge in [0.05, 0.1) is 16.5 Å². The Morgan fingerprint density at radius 3 is 2.12 bits per heavy atom. The third-order valence-electron chi connectivity index (χ3n) is 3.21. The summed E-state index contributed by atoms with van der Waals surface area (Å²) in [5, 5.41) is 20.3. The molecule has 0 amide bonds. The molecule has 25 heavy (non-hydrogen) atoms. The second-order valence-corrected chi connectivity index (χ2v) is 5.93. The highest BCUT2D eigenvalue weighted by molar-refractivity contribution is 7.15. The molecule has 0 bridgehead atoms. The van der Waals surface area contributed by atoms with E-state index in [-0.39, 0.29) is 23.0 Å². The molecule has 0 aliphatic heterocycles. The maximum absolute atomic E-state index is 12.8. The molecule has 0 unspecified atom stereocenters. The summed E-state index contributed by atoms with van der Waals surface area (Å²) in [5.41, 5.74) is -3.94. The second-order valence-electron chi connectivity index (χ2n) is 4.90. The molecule has 0 saturated heterocycles. The maximum Gasteiger partial charge on any atom is 0.431 e. The number of nitrogens with one attached hydrogen (secondary N) is 1. The molecule has 0 aliphatic carbocycles. The van der Waals surface area contributed by atoms with Crippen molar-refractivity contribution >= 4 is 16.5 Å². The fourth-order valence-electron chi connectivity index (χ4n) is 1.84. The van der Waals surface area contributed by atoms with Crippen LogP contribution in [0.4, 0.5) is 31.5 Å². The van der Waals surface area contributed by atoms with Gasteiger partial charge in [0.25, 0.3) is 5.60 Å². The zero-order valence-corrected chi connectivity index (χ0v) is 12.9. The van der Waals surface area contributed by atoms with Crippen molar-refractivity contribution in [3.63, 3.8) is 0 Å². The molecule has 2 aromatic rings. The fraction of sp³-hybridized carbons (Fsp3) is 0.286. The SMILES string of the molecule is N#Cc1ccc(CNc2ncc(C(O)(C(F)(F)F)C(F)(F)F)s2)cc1. The third-order valence-corrected chi connectivity index (χ3v) is 4.27. The van der Waals surface area contributed by atoms with Gasteiger partial charge < -0.3 is 10.4 Å². The monoisotopic (exact) mass is 381 g/mol. The molecule has 134 valence electrons. The van der Waals surface area contributed by atoms with E-state index in [1.807, 2.05) is 6.07 Å². The number of hydrogen-bond acceptors (Lipinski definition) is 5. The Labute approximate surface area is 141 Å². The Bertz CT molecular complexity index is 762. The van der Waals surface area contributed by atoms with Gasteiger partial charge in [0.2, 0.25) is 0 Å². The number of aliphatic hydroxyl groups is 1. The van der Waals surface area contributed by atoms with Gasteiger partial charge in [-0.3, -0.25) is 0 Å². The van der Waals surface area contributed by atoms with Gasteiger partial charge in [-0.25, -0.2) is 4.98 Å². The summed E-state index contributed by atoms with van der Waals surface area (Å²) in [7, 11) is 0. The lowest BCUT2D eigenvalue weighted by Crippen LogP contribution is -2.53. The van der Waals surface area contributed by atoms with Gasteiger partial charge in [-0.1, -0.05) is 23.5 Å². The molecule has 2 N–H and O–H groups in total. The number of aromatic nitrogens is 1. The van der Waals surface area contributed by atoms with Gasteiger partial charge in [-0.2, -0.15) is 31.6 Å². The number of hydrogen-bond donors (Lipinski definition) is 2. The predicted molar refractivity (Wildman–Crippen MR) is 76.6 cm³/mol. The summed E-state index contributed by atoms with van der Waals surface area (Å²) in [5.74, 6) is 0. The molecule has 0 atom stereocenters. The van der Waals surface area contributed by atoms with Crippen LogP contribution < -0.4 is 5.32 Å². The molecule has 1 aromatic heterocycles.